The van der Waals surface area contributed by atoms with Crippen LogP contribution in [0.5, 0.6) is 0 Å². The van der Waals surface area contributed by atoms with Crippen LogP contribution in [-0.4, -0.2) is 6.54 Å². The van der Waals surface area contributed by atoms with E-state index in [-0.39, 0.29) is 0 Å². The number of anilines is 1. The molecule has 1 N–H and O–H groups in total. The molecule has 0 spiro atoms. The molecule has 0 radical (unpaired) electrons. The SMILES string of the molecule is CC1(C)CCNc2ccc(I)cc21. The van der Waals surface area contributed by atoms with Gasteiger partial charge in [0.05, 0.1) is 0 Å². The summed E-state index contributed by atoms with van der Waals surface area (Å²) in [5, 5.41) is 3.44. The second kappa shape index (κ2) is 3.15. The Labute approximate surface area is 93.1 Å². The first kappa shape index (κ1) is 9.31. The van der Waals surface area contributed by atoms with E-state index >= 15 is 0 Å². The first-order chi connectivity index (χ1) is 6.09. The van der Waals surface area contributed by atoms with Gasteiger partial charge in [-0.2, -0.15) is 0 Å². The Morgan fingerprint density at radius 2 is 2.15 bits per heavy atom. The van der Waals surface area contributed by atoms with Crippen LogP contribution < -0.4 is 5.32 Å². The lowest BCUT2D eigenvalue weighted by Crippen LogP contribution is -2.28. The van der Waals surface area contributed by atoms with Crippen LogP contribution in [0.25, 0.3) is 0 Å². The van der Waals surface area contributed by atoms with Gasteiger partial charge in [0.1, 0.15) is 0 Å². The highest BCUT2D eigenvalue weighted by atomic mass is 127. The molecule has 0 aromatic heterocycles. The maximum atomic E-state index is 3.44. The molecular formula is C11H14IN. The van der Waals surface area contributed by atoms with Crippen molar-refractivity contribution in [2.45, 2.75) is 25.7 Å². The van der Waals surface area contributed by atoms with Gasteiger partial charge in [-0.1, -0.05) is 13.8 Å². The first-order valence-electron chi connectivity index (χ1n) is 4.63. The van der Waals surface area contributed by atoms with E-state index in [0.717, 1.165) is 6.54 Å². The van der Waals surface area contributed by atoms with E-state index in [2.05, 4.69) is 60.0 Å². The largest absolute Gasteiger partial charge is 0.385 e. The Hall–Kier alpha value is -0.250. The van der Waals surface area contributed by atoms with Crippen LogP contribution in [-0.2, 0) is 5.41 Å². The minimum atomic E-state index is 0.335. The molecule has 2 rings (SSSR count). The van der Waals surface area contributed by atoms with E-state index < -0.39 is 0 Å². The van der Waals surface area contributed by atoms with Crippen LogP contribution in [0.2, 0.25) is 0 Å². The Balaban J connectivity index is 2.55. The van der Waals surface area contributed by atoms with Crippen molar-refractivity contribution in [3.05, 3.63) is 27.3 Å². The van der Waals surface area contributed by atoms with E-state index in [0.29, 0.717) is 5.41 Å². The molecule has 0 amide bonds. The fourth-order valence-electron chi connectivity index (χ4n) is 1.87. The highest BCUT2D eigenvalue weighted by Crippen LogP contribution is 2.37. The van der Waals surface area contributed by atoms with Crippen LogP contribution >= 0.6 is 22.6 Å². The van der Waals surface area contributed by atoms with Gasteiger partial charge in [0.15, 0.2) is 0 Å². The van der Waals surface area contributed by atoms with Gasteiger partial charge >= 0.3 is 0 Å². The molecule has 13 heavy (non-hydrogen) atoms. The fraction of sp³-hybridized carbons (Fsp3) is 0.455. The number of benzene rings is 1. The summed E-state index contributed by atoms with van der Waals surface area (Å²) in [5.41, 5.74) is 3.12. The summed E-state index contributed by atoms with van der Waals surface area (Å²) in [7, 11) is 0. The number of halogens is 1. The van der Waals surface area contributed by atoms with Gasteiger partial charge in [0.25, 0.3) is 0 Å². The standard InChI is InChI=1S/C11H14IN/c1-11(2)5-6-13-10-4-3-8(12)7-9(10)11/h3-4,7,13H,5-6H2,1-2H3. The number of hydrogen-bond donors (Lipinski definition) is 1. The van der Waals surface area contributed by atoms with Gasteiger partial charge in [-0.25, -0.2) is 0 Å². The molecule has 1 aromatic rings. The Kier molecular flexibility index (Phi) is 2.26. The third-order valence-electron chi connectivity index (χ3n) is 2.78. The molecule has 0 aliphatic carbocycles. The minimum Gasteiger partial charge on any atom is -0.385 e. The maximum absolute atomic E-state index is 3.44. The minimum absolute atomic E-state index is 0.335. The van der Waals surface area contributed by atoms with E-state index in [9.17, 15) is 0 Å². The summed E-state index contributed by atoms with van der Waals surface area (Å²) in [6, 6.07) is 6.65. The van der Waals surface area contributed by atoms with Crippen LogP contribution in [0.3, 0.4) is 0 Å². The second-order valence-electron chi connectivity index (χ2n) is 4.25. The average Bonchev–Trinajstić information content (AvgIpc) is 2.06. The summed E-state index contributed by atoms with van der Waals surface area (Å²) in [6.45, 7) is 5.74. The highest BCUT2D eigenvalue weighted by Gasteiger charge is 2.26. The second-order valence-corrected chi connectivity index (χ2v) is 5.50. The third kappa shape index (κ3) is 1.68. The normalized spacial score (nSPS) is 19.0. The summed E-state index contributed by atoms with van der Waals surface area (Å²) in [6.07, 6.45) is 1.22. The van der Waals surface area contributed by atoms with Crippen molar-refractivity contribution in [2.24, 2.45) is 0 Å². The zero-order valence-corrected chi connectivity index (χ0v) is 10.2. The number of hydrogen-bond acceptors (Lipinski definition) is 1. The average molecular weight is 287 g/mol. The van der Waals surface area contributed by atoms with Gasteiger partial charge in [0, 0.05) is 15.8 Å². The van der Waals surface area contributed by atoms with E-state index in [1.54, 1.807) is 0 Å². The lowest BCUT2D eigenvalue weighted by atomic mass is 9.78. The molecule has 0 saturated heterocycles. The monoisotopic (exact) mass is 287 g/mol. The number of fused-ring (bicyclic) bond motifs is 1. The van der Waals surface area contributed by atoms with Gasteiger partial charge in [-0.3, -0.25) is 0 Å². The molecule has 1 aromatic carbocycles. The topological polar surface area (TPSA) is 12.0 Å². The number of rotatable bonds is 0. The van der Waals surface area contributed by atoms with Crippen molar-refractivity contribution in [1.29, 1.82) is 0 Å². The molecule has 1 nitrogen and oxygen atoms in total. The Morgan fingerprint density at radius 1 is 1.38 bits per heavy atom. The van der Waals surface area contributed by atoms with E-state index in [1.165, 1.54) is 21.2 Å². The number of nitrogens with one attached hydrogen (secondary N) is 1. The summed E-state index contributed by atoms with van der Waals surface area (Å²) < 4.78 is 1.33. The molecule has 0 unspecified atom stereocenters. The zero-order chi connectivity index (χ0) is 9.47. The molecule has 2 heteroatoms. The van der Waals surface area contributed by atoms with Gasteiger partial charge in [0.2, 0.25) is 0 Å². The van der Waals surface area contributed by atoms with Crippen LogP contribution in [0.15, 0.2) is 18.2 Å². The predicted molar refractivity (Wildman–Crippen MR) is 65.3 cm³/mol. The molecule has 1 aliphatic rings. The van der Waals surface area contributed by atoms with Crippen LogP contribution in [0.4, 0.5) is 5.69 Å². The quantitative estimate of drug-likeness (QED) is 0.721. The van der Waals surface area contributed by atoms with Crippen LogP contribution in [0, 0.1) is 3.57 Å². The molecular weight excluding hydrogens is 273 g/mol. The van der Waals surface area contributed by atoms with Crippen molar-refractivity contribution >= 4 is 28.3 Å². The molecule has 0 fully saturated rings. The molecule has 0 bridgehead atoms. The lowest BCUT2D eigenvalue weighted by molar-refractivity contribution is 0.482. The van der Waals surface area contributed by atoms with E-state index in [1.807, 2.05) is 0 Å². The van der Waals surface area contributed by atoms with Gasteiger partial charge in [-0.15, -0.1) is 0 Å². The Morgan fingerprint density at radius 3 is 2.92 bits per heavy atom. The fourth-order valence-corrected chi connectivity index (χ4v) is 2.37. The lowest BCUT2D eigenvalue weighted by Gasteiger charge is -2.33. The smallest absolute Gasteiger partial charge is 0.0378 e. The molecule has 1 aliphatic heterocycles. The summed E-state index contributed by atoms with van der Waals surface area (Å²) in [5.74, 6) is 0. The van der Waals surface area contributed by atoms with E-state index in [4.69, 9.17) is 0 Å². The molecule has 70 valence electrons. The predicted octanol–water partition coefficient (Wildman–Crippen LogP) is 3.38. The van der Waals surface area contributed by atoms with Crippen molar-refractivity contribution in [1.82, 2.24) is 0 Å². The van der Waals surface area contributed by atoms with Crippen molar-refractivity contribution in [3.63, 3.8) is 0 Å². The van der Waals surface area contributed by atoms with Crippen LogP contribution in [0.1, 0.15) is 25.8 Å². The Bertz CT molecular complexity index is 331. The van der Waals surface area contributed by atoms with Crippen molar-refractivity contribution < 1.29 is 0 Å². The molecule has 0 atom stereocenters. The highest BCUT2D eigenvalue weighted by molar-refractivity contribution is 14.1. The summed E-state index contributed by atoms with van der Waals surface area (Å²) >= 11 is 2.37. The van der Waals surface area contributed by atoms with Gasteiger partial charge < -0.3 is 5.32 Å². The summed E-state index contributed by atoms with van der Waals surface area (Å²) in [4.78, 5) is 0. The van der Waals surface area contributed by atoms with Crippen molar-refractivity contribution in [3.8, 4) is 0 Å². The van der Waals surface area contributed by atoms with Crippen molar-refractivity contribution in [2.75, 3.05) is 11.9 Å². The zero-order valence-electron chi connectivity index (χ0n) is 8.02. The van der Waals surface area contributed by atoms with Gasteiger partial charge in [-0.05, 0) is 58.2 Å². The molecule has 0 saturated carbocycles. The third-order valence-corrected chi connectivity index (χ3v) is 3.45. The maximum Gasteiger partial charge on any atom is 0.0378 e. The first-order valence-corrected chi connectivity index (χ1v) is 5.71. The molecule has 1 heterocycles.